The van der Waals surface area contributed by atoms with Gasteiger partial charge in [0.1, 0.15) is 0 Å². The molecule has 1 N–H and O–H groups in total. The van der Waals surface area contributed by atoms with E-state index in [0.29, 0.717) is 6.04 Å². The van der Waals surface area contributed by atoms with Crippen LogP contribution in [-0.4, -0.2) is 11.9 Å². The summed E-state index contributed by atoms with van der Waals surface area (Å²) in [5.41, 5.74) is 0. The van der Waals surface area contributed by atoms with E-state index in [1.165, 1.54) is 18.9 Å². The van der Waals surface area contributed by atoms with Gasteiger partial charge in [0.15, 0.2) is 0 Å². The Morgan fingerprint density at radius 2 is 2.00 bits per heavy atom. The van der Waals surface area contributed by atoms with Crippen molar-refractivity contribution < 1.29 is 4.79 Å². The molecule has 0 atom stereocenters. The molecule has 68 valence electrons. The summed E-state index contributed by atoms with van der Waals surface area (Å²) in [6.07, 6.45) is 6.07. The van der Waals surface area contributed by atoms with E-state index in [1.807, 2.05) is 0 Å². The standard InChI is InChI=1S/C10H17NO/c1-3-10(12)11-9-6-4-8(2)5-7-9/h3,8-9H,1,4-7H2,2H3,(H,11,12)/t8-,9-. The Morgan fingerprint density at radius 1 is 1.42 bits per heavy atom. The normalized spacial score (nSPS) is 29.4. The Morgan fingerprint density at radius 3 is 2.50 bits per heavy atom. The summed E-state index contributed by atoms with van der Waals surface area (Å²) < 4.78 is 0. The van der Waals surface area contributed by atoms with Crippen LogP contribution in [0, 0.1) is 5.92 Å². The van der Waals surface area contributed by atoms with Gasteiger partial charge in [0.25, 0.3) is 0 Å². The molecule has 2 heteroatoms. The van der Waals surface area contributed by atoms with E-state index in [-0.39, 0.29) is 5.91 Å². The first-order chi connectivity index (χ1) is 5.72. The average Bonchev–Trinajstić information content (AvgIpc) is 2.09. The molecule has 1 aliphatic carbocycles. The number of hydrogen-bond donors (Lipinski definition) is 1. The number of hydrogen-bond acceptors (Lipinski definition) is 1. The van der Waals surface area contributed by atoms with Crippen LogP contribution in [0.1, 0.15) is 32.6 Å². The van der Waals surface area contributed by atoms with E-state index in [1.54, 1.807) is 0 Å². The van der Waals surface area contributed by atoms with Crippen molar-refractivity contribution in [2.24, 2.45) is 5.92 Å². The molecule has 0 aromatic carbocycles. The Hall–Kier alpha value is -0.790. The largest absolute Gasteiger partial charge is 0.350 e. The average molecular weight is 167 g/mol. The molecule has 2 nitrogen and oxygen atoms in total. The van der Waals surface area contributed by atoms with Crippen LogP contribution in [0.25, 0.3) is 0 Å². The molecule has 0 aromatic rings. The lowest BCUT2D eigenvalue weighted by atomic mass is 9.87. The molecular weight excluding hydrogens is 150 g/mol. The fourth-order valence-electron chi connectivity index (χ4n) is 1.66. The molecule has 1 rings (SSSR count). The van der Waals surface area contributed by atoms with Crippen molar-refractivity contribution in [2.45, 2.75) is 38.6 Å². The second kappa shape index (κ2) is 4.29. The fourth-order valence-corrected chi connectivity index (χ4v) is 1.66. The molecule has 0 heterocycles. The molecule has 0 aliphatic heterocycles. The minimum absolute atomic E-state index is 0.0328. The smallest absolute Gasteiger partial charge is 0.243 e. The van der Waals surface area contributed by atoms with Gasteiger partial charge in [-0.25, -0.2) is 0 Å². The third kappa shape index (κ3) is 2.68. The number of rotatable bonds is 2. The first-order valence-corrected chi connectivity index (χ1v) is 4.65. The van der Waals surface area contributed by atoms with Crippen molar-refractivity contribution in [1.29, 1.82) is 0 Å². The second-order valence-electron chi connectivity index (χ2n) is 3.67. The minimum Gasteiger partial charge on any atom is -0.350 e. The minimum atomic E-state index is -0.0328. The molecular formula is C10H17NO. The van der Waals surface area contributed by atoms with Crippen LogP contribution in [0.2, 0.25) is 0 Å². The summed E-state index contributed by atoms with van der Waals surface area (Å²) in [4.78, 5) is 10.9. The van der Waals surface area contributed by atoms with Gasteiger partial charge in [-0.2, -0.15) is 0 Å². The highest BCUT2D eigenvalue weighted by molar-refractivity contribution is 5.87. The molecule has 1 aliphatic rings. The lowest BCUT2D eigenvalue weighted by Gasteiger charge is -2.26. The van der Waals surface area contributed by atoms with Crippen LogP contribution < -0.4 is 5.32 Å². The zero-order valence-electron chi connectivity index (χ0n) is 7.68. The van der Waals surface area contributed by atoms with Gasteiger partial charge in [-0.3, -0.25) is 4.79 Å². The highest BCUT2D eigenvalue weighted by Gasteiger charge is 2.18. The van der Waals surface area contributed by atoms with Gasteiger partial charge >= 0.3 is 0 Å². The molecule has 1 fully saturated rings. The van der Waals surface area contributed by atoms with Crippen LogP contribution in [0.3, 0.4) is 0 Å². The van der Waals surface area contributed by atoms with E-state index in [0.717, 1.165) is 18.8 Å². The van der Waals surface area contributed by atoms with Gasteiger partial charge in [-0.1, -0.05) is 13.5 Å². The topological polar surface area (TPSA) is 29.1 Å². The molecule has 0 bridgehead atoms. The molecule has 12 heavy (non-hydrogen) atoms. The van der Waals surface area contributed by atoms with Crippen molar-refractivity contribution in [1.82, 2.24) is 5.32 Å². The van der Waals surface area contributed by atoms with Crippen LogP contribution in [0.5, 0.6) is 0 Å². The maximum Gasteiger partial charge on any atom is 0.243 e. The van der Waals surface area contributed by atoms with Crippen LogP contribution in [0.4, 0.5) is 0 Å². The summed E-state index contributed by atoms with van der Waals surface area (Å²) in [5, 5.41) is 2.93. The molecule has 0 aromatic heterocycles. The fraction of sp³-hybridized carbons (Fsp3) is 0.700. The van der Waals surface area contributed by atoms with E-state index in [4.69, 9.17) is 0 Å². The Labute approximate surface area is 74.0 Å². The van der Waals surface area contributed by atoms with Gasteiger partial charge < -0.3 is 5.32 Å². The monoisotopic (exact) mass is 167 g/mol. The van der Waals surface area contributed by atoms with E-state index in [2.05, 4.69) is 18.8 Å². The Bertz CT molecular complexity index is 169. The first kappa shape index (κ1) is 9.30. The maximum atomic E-state index is 10.9. The summed E-state index contributed by atoms with van der Waals surface area (Å²) in [7, 11) is 0. The Balaban J connectivity index is 2.26. The van der Waals surface area contributed by atoms with Crippen LogP contribution >= 0.6 is 0 Å². The summed E-state index contributed by atoms with van der Waals surface area (Å²) in [5.74, 6) is 0.802. The Kier molecular flexibility index (Phi) is 3.32. The highest BCUT2D eigenvalue weighted by atomic mass is 16.1. The number of amides is 1. The predicted octanol–water partition coefficient (Wildman–Crippen LogP) is 1.87. The first-order valence-electron chi connectivity index (χ1n) is 4.65. The molecule has 1 saturated carbocycles. The molecule has 0 unspecified atom stereocenters. The number of carbonyl (C=O) groups excluding carboxylic acids is 1. The molecule has 1 amide bonds. The van der Waals surface area contributed by atoms with Crippen LogP contribution in [0.15, 0.2) is 12.7 Å². The van der Waals surface area contributed by atoms with Gasteiger partial charge in [-0.05, 0) is 37.7 Å². The summed E-state index contributed by atoms with van der Waals surface area (Å²) >= 11 is 0. The third-order valence-corrected chi connectivity index (χ3v) is 2.55. The quantitative estimate of drug-likeness (QED) is 0.625. The number of nitrogens with one attached hydrogen (secondary N) is 1. The maximum absolute atomic E-state index is 10.9. The van der Waals surface area contributed by atoms with E-state index >= 15 is 0 Å². The van der Waals surface area contributed by atoms with Crippen molar-refractivity contribution in [2.75, 3.05) is 0 Å². The molecule has 0 radical (unpaired) electrons. The van der Waals surface area contributed by atoms with E-state index in [9.17, 15) is 4.79 Å². The second-order valence-corrected chi connectivity index (χ2v) is 3.67. The van der Waals surface area contributed by atoms with Gasteiger partial charge in [0.2, 0.25) is 5.91 Å². The van der Waals surface area contributed by atoms with Crippen molar-refractivity contribution in [3.8, 4) is 0 Å². The van der Waals surface area contributed by atoms with Crippen LogP contribution in [-0.2, 0) is 4.79 Å². The zero-order valence-corrected chi connectivity index (χ0v) is 7.68. The van der Waals surface area contributed by atoms with Gasteiger partial charge in [-0.15, -0.1) is 0 Å². The number of carbonyl (C=O) groups is 1. The van der Waals surface area contributed by atoms with Crippen molar-refractivity contribution >= 4 is 5.91 Å². The highest BCUT2D eigenvalue weighted by Crippen LogP contribution is 2.23. The van der Waals surface area contributed by atoms with E-state index < -0.39 is 0 Å². The molecule has 0 saturated heterocycles. The zero-order chi connectivity index (χ0) is 8.97. The third-order valence-electron chi connectivity index (χ3n) is 2.55. The van der Waals surface area contributed by atoms with Crippen molar-refractivity contribution in [3.05, 3.63) is 12.7 Å². The van der Waals surface area contributed by atoms with Crippen molar-refractivity contribution in [3.63, 3.8) is 0 Å². The lowest BCUT2D eigenvalue weighted by molar-refractivity contribution is -0.117. The molecule has 0 spiro atoms. The lowest BCUT2D eigenvalue weighted by Crippen LogP contribution is -2.36. The summed E-state index contributed by atoms with van der Waals surface area (Å²) in [6, 6.07) is 0.395. The summed E-state index contributed by atoms with van der Waals surface area (Å²) in [6.45, 7) is 5.70. The predicted molar refractivity (Wildman–Crippen MR) is 49.8 cm³/mol. The van der Waals surface area contributed by atoms with Gasteiger partial charge in [0.05, 0.1) is 0 Å². The SMILES string of the molecule is C=CC(=O)N[C@H]1CC[C@H](C)CC1. The van der Waals surface area contributed by atoms with Gasteiger partial charge in [0, 0.05) is 6.04 Å².